The van der Waals surface area contributed by atoms with Crippen molar-refractivity contribution < 1.29 is 14.3 Å². The molecule has 0 saturated heterocycles. The van der Waals surface area contributed by atoms with E-state index in [0.29, 0.717) is 30.3 Å². The molecule has 0 spiro atoms. The van der Waals surface area contributed by atoms with Crippen molar-refractivity contribution in [2.45, 2.75) is 13.8 Å². The number of nitrogens with zero attached hydrogens (tertiary/aromatic N) is 1. The number of hydrogen-bond donors (Lipinski definition) is 1. The molecule has 2 aromatic carbocycles. The number of carbonyl (C=O) groups excluding carboxylic acids is 1. The summed E-state index contributed by atoms with van der Waals surface area (Å²) in [5.74, 6) is 1.06. The molecule has 0 saturated carbocycles. The quantitative estimate of drug-likeness (QED) is 0.573. The largest absolute Gasteiger partial charge is 0.490 e. The van der Waals surface area contributed by atoms with Crippen molar-refractivity contribution in [1.82, 2.24) is 5.43 Å². The molecule has 0 radical (unpaired) electrons. The van der Waals surface area contributed by atoms with Crippen molar-refractivity contribution in [3.8, 4) is 11.5 Å². The predicted octanol–water partition coefficient (Wildman–Crippen LogP) is 4.01. The Balaban J connectivity index is 2.07. The maximum Gasteiger partial charge on any atom is 0.272 e. The van der Waals surface area contributed by atoms with Crippen LogP contribution in [0.5, 0.6) is 11.5 Å². The zero-order valence-electron chi connectivity index (χ0n) is 13.6. The molecule has 0 aromatic heterocycles. The molecule has 0 atom stereocenters. The van der Waals surface area contributed by atoms with Crippen LogP contribution in [0.1, 0.15) is 29.8 Å². The third-order valence-corrected chi connectivity index (χ3v) is 3.76. The van der Waals surface area contributed by atoms with Crippen LogP contribution in [0.3, 0.4) is 0 Å². The Labute approximate surface area is 149 Å². The van der Waals surface area contributed by atoms with Crippen LogP contribution in [-0.2, 0) is 0 Å². The zero-order chi connectivity index (χ0) is 17.4. The third kappa shape index (κ3) is 4.83. The van der Waals surface area contributed by atoms with E-state index in [1.165, 1.54) is 0 Å². The fourth-order valence-electron chi connectivity index (χ4n) is 2.02. The van der Waals surface area contributed by atoms with Crippen molar-refractivity contribution in [1.29, 1.82) is 0 Å². The Kier molecular flexibility index (Phi) is 6.81. The molecule has 0 aliphatic heterocycles. The average Bonchev–Trinajstić information content (AvgIpc) is 2.58. The number of nitrogens with one attached hydrogen (secondary N) is 1. The Hall–Kier alpha value is -2.34. The highest BCUT2D eigenvalue weighted by Crippen LogP contribution is 2.28. The van der Waals surface area contributed by atoms with Crippen LogP contribution in [0.15, 0.2) is 52.0 Å². The first kappa shape index (κ1) is 18.0. The summed E-state index contributed by atoms with van der Waals surface area (Å²) in [6.45, 7) is 4.94. The van der Waals surface area contributed by atoms with E-state index in [1.54, 1.807) is 24.4 Å². The second-order valence-corrected chi connectivity index (χ2v) is 5.61. The van der Waals surface area contributed by atoms with E-state index in [4.69, 9.17) is 9.47 Å². The number of benzene rings is 2. The summed E-state index contributed by atoms with van der Waals surface area (Å²) in [4.78, 5) is 12.1. The molecule has 1 amide bonds. The van der Waals surface area contributed by atoms with Gasteiger partial charge in [0.1, 0.15) is 0 Å². The van der Waals surface area contributed by atoms with Gasteiger partial charge in [0, 0.05) is 4.47 Å². The lowest BCUT2D eigenvalue weighted by atomic mass is 10.2. The topological polar surface area (TPSA) is 59.9 Å². The molecule has 0 unspecified atom stereocenters. The van der Waals surface area contributed by atoms with Gasteiger partial charge in [-0.3, -0.25) is 4.79 Å². The van der Waals surface area contributed by atoms with E-state index >= 15 is 0 Å². The number of hydrogen-bond acceptors (Lipinski definition) is 4. The monoisotopic (exact) mass is 390 g/mol. The van der Waals surface area contributed by atoms with Crippen LogP contribution >= 0.6 is 15.9 Å². The highest BCUT2D eigenvalue weighted by molar-refractivity contribution is 9.10. The van der Waals surface area contributed by atoms with Gasteiger partial charge < -0.3 is 9.47 Å². The second-order valence-electron chi connectivity index (χ2n) is 4.75. The molecule has 6 heteroatoms. The van der Waals surface area contributed by atoms with Gasteiger partial charge in [-0.15, -0.1) is 0 Å². The first-order valence-corrected chi connectivity index (χ1v) is 8.42. The second kappa shape index (κ2) is 9.08. The molecule has 5 nitrogen and oxygen atoms in total. The van der Waals surface area contributed by atoms with Crippen molar-refractivity contribution >= 4 is 28.1 Å². The number of halogens is 1. The van der Waals surface area contributed by atoms with Gasteiger partial charge >= 0.3 is 0 Å². The van der Waals surface area contributed by atoms with Crippen LogP contribution in [-0.4, -0.2) is 25.3 Å². The minimum Gasteiger partial charge on any atom is -0.490 e. The van der Waals surface area contributed by atoms with Crippen LogP contribution in [0.4, 0.5) is 0 Å². The predicted molar refractivity (Wildman–Crippen MR) is 98.0 cm³/mol. The van der Waals surface area contributed by atoms with Gasteiger partial charge in [-0.1, -0.05) is 12.1 Å². The van der Waals surface area contributed by atoms with Gasteiger partial charge in [0.15, 0.2) is 11.5 Å². The molecule has 24 heavy (non-hydrogen) atoms. The number of ether oxygens (including phenoxy) is 2. The lowest BCUT2D eigenvalue weighted by molar-refractivity contribution is 0.0954. The highest BCUT2D eigenvalue weighted by Gasteiger charge is 2.08. The van der Waals surface area contributed by atoms with Crippen molar-refractivity contribution in [2.24, 2.45) is 5.10 Å². The minimum atomic E-state index is -0.283. The fraction of sp³-hybridized carbons (Fsp3) is 0.222. The van der Waals surface area contributed by atoms with Crippen molar-refractivity contribution in [3.63, 3.8) is 0 Å². The summed E-state index contributed by atoms with van der Waals surface area (Å²) < 4.78 is 11.8. The van der Waals surface area contributed by atoms with Crippen LogP contribution in [0, 0.1) is 0 Å². The Morgan fingerprint density at radius 1 is 1.12 bits per heavy atom. The van der Waals surface area contributed by atoms with E-state index in [0.717, 1.165) is 10.0 Å². The summed E-state index contributed by atoms with van der Waals surface area (Å²) in [6, 6.07) is 12.7. The smallest absolute Gasteiger partial charge is 0.272 e. The van der Waals surface area contributed by atoms with Gasteiger partial charge in [-0.2, -0.15) is 5.10 Å². The van der Waals surface area contributed by atoms with E-state index in [1.807, 2.05) is 38.1 Å². The van der Waals surface area contributed by atoms with Crippen LogP contribution < -0.4 is 14.9 Å². The summed E-state index contributed by atoms with van der Waals surface area (Å²) >= 11 is 3.34. The van der Waals surface area contributed by atoms with E-state index < -0.39 is 0 Å². The molecular formula is C18H19BrN2O3. The van der Waals surface area contributed by atoms with Gasteiger partial charge in [0.05, 0.1) is 25.0 Å². The molecule has 2 aromatic rings. The van der Waals surface area contributed by atoms with Gasteiger partial charge in [-0.05, 0) is 65.7 Å². The maximum absolute atomic E-state index is 12.1. The first-order valence-electron chi connectivity index (χ1n) is 7.63. The Morgan fingerprint density at radius 2 is 1.83 bits per heavy atom. The minimum absolute atomic E-state index is 0.283. The highest BCUT2D eigenvalue weighted by atomic mass is 79.9. The van der Waals surface area contributed by atoms with Crippen molar-refractivity contribution in [2.75, 3.05) is 13.2 Å². The van der Waals surface area contributed by atoms with Crippen molar-refractivity contribution in [3.05, 3.63) is 58.1 Å². The van der Waals surface area contributed by atoms with Crippen LogP contribution in [0.2, 0.25) is 0 Å². The zero-order valence-corrected chi connectivity index (χ0v) is 15.2. The van der Waals surface area contributed by atoms with E-state index in [9.17, 15) is 4.79 Å². The average molecular weight is 391 g/mol. The third-order valence-electron chi connectivity index (χ3n) is 3.07. The first-order chi connectivity index (χ1) is 11.7. The van der Waals surface area contributed by atoms with Gasteiger partial charge in [0.2, 0.25) is 0 Å². The standard InChI is InChI=1S/C18H19BrN2O3/c1-3-23-16-10-9-13(11-17(16)24-4-2)12-20-21-18(22)14-7-5-6-8-15(14)19/h5-12H,3-4H2,1-2H3,(H,21,22)/b20-12+. The summed E-state index contributed by atoms with van der Waals surface area (Å²) in [6.07, 6.45) is 1.56. The SMILES string of the molecule is CCOc1ccc(/C=N/NC(=O)c2ccccc2Br)cc1OCC. The number of amides is 1. The lowest BCUT2D eigenvalue weighted by Gasteiger charge is -2.11. The molecule has 0 aliphatic carbocycles. The molecular weight excluding hydrogens is 372 g/mol. The number of hydrazone groups is 1. The van der Waals surface area contributed by atoms with E-state index in [2.05, 4.69) is 26.5 Å². The summed E-state index contributed by atoms with van der Waals surface area (Å²) in [7, 11) is 0. The molecule has 0 fully saturated rings. The van der Waals surface area contributed by atoms with Crippen LogP contribution in [0.25, 0.3) is 0 Å². The molecule has 0 heterocycles. The molecule has 126 valence electrons. The van der Waals surface area contributed by atoms with Gasteiger partial charge in [-0.25, -0.2) is 5.43 Å². The van der Waals surface area contributed by atoms with Gasteiger partial charge in [0.25, 0.3) is 5.91 Å². The molecule has 0 aliphatic rings. The van der Waals surface area contributed by atoms with E-state index in [-0.39, 0.29) is 5.91 Å². The molecule has 0 bridgehead atoms. The summed E-state index contributed by atoms with van der Waals surface area (Å²) in [5, 5.41) is 3.99. The normalized spacial score (nSPS) is 10.6. The molecule has 1 N–H and O–H groups in total. The fourth-order valence-corrected chi connectivity index (χ4v) is 2.48. The number of carbonyl (C=O) groups is 1. The number of rotatable bonds is 7. The summed E-state index contributed by atoms with van der Waals surface area (Å²) in [5.41, 5.74) is 3.83. The molecule has 2 rings (SSSR count). The Morgan fingerprint density at radius 3 is 2.54 bits per heavy atom. The maximum atomic E-state index is 12.1. The lowest BCUT2D eigenvalue weighted by Crippen LogP contribution is -2.18. The Bertz CT molecular complexity index is 732.